The van der Waals surface area contributed by atoms with Gasteiger partial charge in [-0.1, -0.05) is 17.7 Å². The molecule has 0 aliphatic heterocycles. The Bertz CT molecular complexity index is 889. The van der Waals surface area contributed by atoms with Crippen molar-refractivity contribution in [2.75, 3.05) is 24.5 Å². The van der Waals surface area contributed by atoms with Crippen molar-refractivity contribution in [1.82, 2.24) is 5.32 Å². The van der Waals surface area contributed by atoms with Crippen molar-refractivity contribution >= 4 is 21.6 Å². The van der Waals surface area contributed by atoms with Crippen LogP contribution in [0.1, 0.15) is 35.2 Å². The second kappa shape index (κ2) is 9.21. The summed E-state index contributed by atoms with van der Waals surface area (Å²) in [7, 11) is -3.70. The minimum atomic E-state index is -3.70. The molecule has 0 atom stereocenters. The van der Waals surface area contributed by atoms with Crippen LogP contribution in [0.15, 0.2) is 53.4 Å². The van der Waals surface area contributed by atoms with Crippen LogP contribution in [0.4, 0.5) is 5.69 Å². The second-order valence-electron chi connectivity index (χ2n) is 7.12. The lowest BCUT2D eigenvalue weighted by Crippen LogP contribution is -2.25. The zero-order chi connectivity index (χ0) is 20.0. The molecule has 0 heterocycles. The van der Waals surface area contributed by atoms with E-state index in [0.29, 0.717) is 24.4 Å². The molecule has 0 bridgehead atoms. The Balaban J connectivity index is 1.48. The van der Waals surface area contributed by atoms with Crippen LogP contribution < -0.4 is 10.0 Å². The Hall–Kier alpha value is -2.38. The molecule has 0 radical (unpaired) electrons. The van der Waals surface area contributed by atoms with Crippen LogP contribution in [0.5, 0.6) is 0 Å². The molecule has 2 aromatic carbocycles. The van der Waals surface area contributed by atoms with Crippen LogP contribution in [0.3, 0.4) is 0 Å². The number of carbonyl (C=O) groups excluding carboxylic acids is 1. The standard InChI is InChI=1S/C21H26N2O4S/c1-16-3-9-19(10-4-16)23-28(25,26)20-11-7-18(8-12-20)21(24)22-13-2-14-27-15-17-5-6-17/h3-4,7-12,17,23H,2,5-6,13-15H2,1H3,(H,22,24). The van der Waals surface area contributed by atoms with Gasteiger partial charge in [0.1, 0.15) is 0 Å². The molecule has 0 saturated heterocycles. The lowest BCUT2D eigenvalue weighted by molar-refractivity contribution is 0.0937. The van der Waals surface area contributed by atoms with Gasteiger partial charge in [-0.05, 0) is 68.5 Å². The molecular weight excluding hydrogens is 376 g/mol. The van der Waals surface area contributed by atoms with Crippen molar-refractivity contribution in [2.45, 2.75) is 31.1 Å². The molecule has 1 saturated carbocycles. The SMILES string of the molecule is Cc1ccc(NS(=O)(=O)c2ccc(C(=O)NCCCOCC3CC3)cc2)cc1. The van der Waals surface area contributed by atoms with Crippen molar-refractivity contribution in [3.8, 4) is 0 Å². The number of aryl methyl sites for hydroxylation is 1. The fourth-order valence-electron chi connectivity index (χ4n) is 2.63. The minimum Gasteiger partial charge on any atom is -0.381 e. The summed E-state index contributed by atoms with van der Waals surface area (Å²) in [5.41, 5.74) is 1.97. The number of rotatable bonds is 10. The Kier molecular flexibility index (Phi) is 6.70. The quantitative estimate of drug-likeness (QED) is 0.597. The molecular formula is C21H26N2O4S. The number of carbonyl (C=O) groups is 1. The van der Waals surface area contributed by atoms with E-state index in [9.17, 15) is 13.2 Å². The third-order valence-corrected chi connectivity index (χ3v) is 5.93. The highest BCUT2D eigenvalue weighted by Crippen LogP contribution is 2.28. The normalized spacial score (nSPS) is 13.9. The molecule has 1 fully saturated rings. The molecule has 0 aromatic heterocycles. The summed E-state index contributed by atoms with van der Waals surface area (Å²) in [4.78, 5) is 12.3. The molecule has 2 aromatic rings. The fourth-order valence-corrected chi connectivity index (χ4v) is 3.69. The van der Waals surface area contributed by atoms with Crippen LogP contribution in [-0.2, 0) is 14.8 Å². The molecule has 0 spiro atoms. The van der Waals surface area contributed by atoms with E-state index in [2.05, 4.69) is 10.0 Å². The molecule has 7 heteroatoms. The van der Waals surface area contributed by atoms with Crippen LogP contribution in [0.25, 0.3) is 0 Å². The average molecular weight is 403 g/mol. The zero-order valence-electron chi connectivity index (χ0n) is 16.0. The van der Waals surface area contributed by atoms with Crippen LogP contribution in [-0.4, -0.2) is 34.1 Å². The smallest absolute Gasteiger partial charge is 0.261 e. The molecule has 1 amide bonds. The molecule has 0 unspecified atom stereocenters. The number of ether oxygens (including phenoxy) is 1. The van der Waals surface area contributed by atoms with Crippen LogP contribution in [0, 0.1) is 12.8 Å². The highest BCUT2D eigenvalue weighted by Gasteiger charge is 2.20. The third-order valence-electron chi connectivity index (χ3n) is 4.53. The van der Waals surface area contributed by atoms with Crippen molar-refractivity contribution in [3.63, 3.8) is 0 Å². The van der Waals surface area contributed by atoms with E-state index in [4.69, 9.17) is 4.74 Å². The third kappa shape index (κ3) is 6.07. The van der Waals surface area contributed by atoms with Gasteiger partial charge in [0.2, 0.25) is 0 Å². The van der Waals surface area contributed by atoms with E-state index >= 15 is 0 Å². The fraction of sp³-hybridized carbons (Fsp3) is 0.381. The van der Waals surface area contributed by atoms with Crippen molar-refractivity contribution in [3.05, 3.63) is 59.7 Å². The van der Waals surface area contributed by atoms with E-state index in [-0.39, 0.29) is 10.8 Å². The van der Waals surface area contributed by atoms with Crippen LogP contribution in [0.2, 0.25) is 0 Å². The predicted molar refractivity (Wildman–Crippen MR) is 109 cm³/mol. The van der Waals surface area contributed by atoms with E-state index in [1.807, 2.05) is 19.1 Å². The summed E-state index contributed by atoms with van der Waals surface area (Å²) in [6.45, 7) is 3.92. The first-order valence-electron chi connectivity index (χ1n) is 9.49. The first kappa shape index (κ1) is 20.4. The van der Waals surface area contributed by atoms with Crippen molar-refractivity contribution in [2.24, 2.45) is 5.92 Å². The predicted octanol–water partition coefficient (Wildman–Crippen LogP) is 3.34. The van der Waals surface area contributed by atoms with Crippen molar-refractivity contribution < 1.29 is 17.9 Å². The molecule has 3 rings (SSSR count). The number of sulfonamides is 1. The van der Waals surface area contributed by atoms with Gasteiger partial charge < -0.3 is 10.1 Å². The summed E-state index contributed by atoms with van der Waals surface area (Å²) in [5.74, 6) is 0.516. The number of benzene rings is 2. The monoisotopic (exact) mass is 402 g/mol. The van der Waals surface area contributed by atoms with E-state index in [1.54, 1.807) is 12.1 Å². The molecule has 6 nitrogen and oxygen atoms in total. The Morgan fingerprint density at radius 2 is 1.75 bits per heavy atom. The lowest BCUT2D eigenvalue weighted by Gasteiger charge is -2.09. The van der Waals surface area contributed by atoms with Gasteiger partial charge in [-0.15, -0.1) is 0 Å². The number of anilines is 1. The van der Waals surface area contributed by atoms with Gasteiger partial charge in [0.15, 0.2) is 0 Å². The van der Waals surface area contributed by atoms with Gasteiger partial charge in [0, 0.05) is 31.0 Å². The summed E-state index contributed by atoms with van der Waals surface area (Å²) in [6.07, 6.45) is 3.29. The summed E-state index contributed by atoms with van der Waals surface area (Å²) in [6, 6.07) is 13.0. The first-order valence-corrected chi connectivity index (χ1v) is 11.0. The molecule has 2 N–H and O–H groups in total. The number of nitrogens with one attached hydrogen (secondary N) is 2. The number of hydrogen-bond acceptors (Lipinski definition) is 4. The van der Waals surface area contributed by atoms with Crippen LogP contribution >= 0.6 is 0 Å². The number of amides is 1. The van der Waals surface area contributed by atoms with Gasteiger partial charge in [-0.2, -0.15) is 0 Å². The topological polar surface area (TPSA) is 84.5 Å². The van der Waals surface area contributed by atoms with E-state index in [0.717, 1.165) is 24.5 Å². The summed E-state index contributed by atoms with van der Waals surface area (Å²) < 4.78 is 33.0. The minimum absolute atomic E-state index is 0.109. The van der Waals surface area contributed by atoms with Gasteiger partial charge in [0.05, 0.1) is 4.90 Å². The van der Waals surface area contributed by atoms with E-state index < -0.39 is 10.0 Å². The Morgan fingerprint density at radius 1 is 1.07 bits per heavy atom. The molecule has 1 aliphatic carbocycles. The van der Waals surface area contributed by atoms with Crippen molar-refractivity contribution in [1.29, 1.82) is 0 Å². The highest BCUT2D eigenvalue weighted by atomic mass is 32.2. The Morgan fingerprint density at radius 3 is 2.39 bits per heavy atom. The average Bonchev–Trinajstić information content (AvgIpc) is 3.50. The van der Waals surface area contributed by atoms with Gasteiger partial charge >= 0.3 is 0 Å². The van der Waals surface area contributed by atoms with Gasteiger partial charge in [-0.25, -0.2) is 8.42 Å². The first-order chi connectivity index (χ1) is 13.4. The molecule has 1 aliphatic rings. The zero-order valence-corrected chi connectivity index (χ0v) is 16.8. The summed E-state index contributed by atoms with van der Waals surface area (Å²) in [5, 5.41) is 2.82. The maximum atomic E-state index is 12.5. The molecule has 150 valence electrons. The molecule has 28 heavy (non-hydrogen) atoms. The maximum absolute atomic E-state index is 12.5. The maximum Gasteiger partial charge on any atom is 0.261 e. The van der Waals surface area contributed by atoms with Gasteiger partial charge in [-0.3, -0.25) is 9.52 Å². The van der Waals surface area contributed by atoms with Gasteiger partial charge in [0.25, 0.3) is 15.9 Å². The number of hydrogen-bond donors (Lipinski definition) is 2. The Labute approximate surface area is 166 Å². The highest BCUT2D eigenvalue weighted by molar-refractivity contribution is 7.92. The lowest BCUT2D eigenvalue weighted by atomic mass is 10.2. The summed E-state index contributed by atoms with van der Waals surface area (Å²) >= 11 is 0. The second-order valence-corrected chi connectivity index (χ2v) is 8.81. The largest absolute Gasteiger partial charge is 0.381 e. The van der Waals surface area contributed by atoms with E-state index in [1.165, 1.54) is 37.1 Å².